The molecule has 0 radical (unpaired) electrons. The summed E-state index contributed by atoms with van der Waals surface area (Å²) in [5.41, 5.74) is 8.09. The minimum absolute atomic E-state index is 0.205. The second-order valence-electron chi connectivity index (χ2n) is 2.38. The maximum Gasteiger partial charge on any atom is 0.206 e. The van der Waals surface area contributed by atoms with Crippen molar-refractivity contribution in [3.8, 4) is 5.75 Å². The Balaban J connectivity index is 2.59. The number of aromatic hydroxyl groups is 1. The Bertz CT molecular complexity index is 317. The van der Waals surface area contributed by atoms with E-state index in [0.717, 1.165) is 5.56 Å². The van der Waals surface area contributed by atoms with Crippen molar-refractivity contribution in [2.24, 2.45) is 10.8 Å². The molecule has 0 aliphatic carbocycles. The van der Waals surface area contributed by atoms with Crippen molar-refractivity contribution in [3.05, 3.63) is 29.8 Å². The number of guanidine groups is 1. The molecule has 0 spiro atoms. The Kier molecular flexibility index (Phi) is 2.86. The molecule has 0 amide bonds. The molecule has 5 nitrogen and oxygen atoms in total. The topological polar surface area (TPSA) is 94.5 Å². The minimum atomic E-state index is -0.213. The lowest BCUT2D eigenvalue weighted by atomic mass is 10.2. The first-order chi connectivity index (χ1) is 6.18. The molecule has 0 aromatic heterocycles. The third-order valence-electron chi connectivity index (χ3n) is 1.29. The van der Waals surface area contributed by atoms with E-state index in [1.54, 1.807) is 24.3 Å². The molecular formula is C8H10N4O. The molecule has 5 N–H and O–H groups in total. The van der Waals surface area contributed by atoms with Crippen LogP contribution in [-0.2, 0) is 0 Å². The van der Waals surface area contributed by atoms with E-state index in [1.165, 1.54) is 6.21 Å². The molecule has 5 heteroatoms. The fourth-order valence-corrected chi connectivity index (χ4v) is 0.737. The van der Waals surface area contributed by atoms with Crippen molar-refractivity contribution in [2.75, 3.05) is 0 Å². The van der Waals surface area contributed by atoms with Gasteiger partial charge in [0.1, 0.15) is 5.75 Å². The molecule has 0 bridgehead atoms. The molecule has 0 fully saturated rings. The quantitative estimate of drug-likeness (QED) is 0.296. The van der Waals surface area contributed by atoms with Gasteiger partial charge in [-0.3, -0.25) is 5.41 Å². The van der Waals surface area contributed by atoms with Crippen LogP contribution in [0, 0.1) is 5.41 Å². The Hall–Kier alpha value is -2.04. The highest BCUT2D eigenvalue weighted by Gasteiger charge is 1.88. The summed E-state index contributed by atoms with van der Waals surface area (Å²) in [4.78, 5) is 0. The van der Waals surface area contributed by atoms with Crippen molar-refractivity contribution in [3.63, 3.8) is 0 Å². The first-order valence-electron chi connectivity index (χ1n) is 3.60. The maximum absolute atomic E-state index is 8.96. The lowest BCUT2D eigenvalue weighted by Gasteiger charge is -1.95. The zero-order valence-corrected chi connectivity index (χ0v) is 6.86. The van der Waals surface area contributed by atoms with E-state index in [2.05, 4.69) is 10.5 Å². The summed E-state index contributed by atoms with van der Waals surface area (Å²) >= 11 is 0. The van der Waals surface area contributed by atoms with Crippen LogP contribution in [0.5, 0.6) is 5.75 Å². The monoisotopic (exact) mass is 178 g/mol. The summed E-state index contributed by atoms with van der Waals surface area (Å²) in [6, 6.07) is 6.49. The molecule has 68 valence electrons. The Morgan fingerprint density at radius 2 is 2.08 bits per heavy atom. The lowest BCUT2D eigenvalue weighted by molar-refractivity contribution is 0.475. The van der Waals surface area contributed by atoms with Crippen molar-refractivity contribution in [2.45, 2.75) is 0 Å². The number of phenols is 1. The number of hydrogen-bond donors (Lipinski definition) is 4. The van der Waals surface area contributed by atoms with Crippen LogP contribution in [0.1, 0.15) is 5.56 Å². The van der Waals surface area contributed by atoms with Gasteiger partial charge in [0.2, 0.25) is 5.96 Å². The van der Waals surface area contributed by atoms with Crippen molar-refractivity contribution in [1.82, 2.24) is 5.43 Å². The van der Waals surface area contributed by atoms with Gasteiger partial charge in [-0.1, -0.05) is 0 Å². The zero-order chi connectivity index (χ0) is 9.68. The Labute approximate surface area is 75.4 Å². The highest BCUT2D eigenvalue weighted by atomic mass is 16.3. The number of hydrogen-bond acceptors (Lipinski definition) is 3. The largest absolute Gasteiger partial charge is 0.508 e. The van der Waals surface area contributed by atoms with Gasteiger partial charge in [-0.25, -0.2) is 5.43 Å². The van der Waals surface area contributed by atoms with Crippen molar-refractivity contribution in [1.29, 1.82) is 5.41 Å². The third kappa shape index (κ3) is 3.24. The molecular weight excluding hydrogens is 168 g/mol. The number of nitrogens with two attached hydrogens (primary N) is 1. The second kappa shape index (κ2) is 4.10. The molecule has 0 saturated carbocycles. The van der Waals surface area contributed by atoms with Crippen LogP contribution in [0.3, 0.4) is 0 Å². The number of hydrazone groups is 1. The Morgan fingerprint density at radius 1 is 1.46 bits per heavy atom. The molecule has 1 aromatic carbocycles. The van der Waals surface area contributed by atoms with Gasteiger partial charge in [0.05, 0.1) is 6.21 Å². The van der Waals surface area contributed by atoms with Gasteiger partial charge < -0.3 is 10.8 Å². The molecule has 13 heavy (non-hydrogen) atoms. The van der Waals surface area contributed by atoms with Crippen LogP contribution < -0.4 is 11.2 Å². The highest BCUT2D eigenvalue weighted by molar-refractivity contribution is 5.82. The number of nitrogens with zero attached hydrogens (tertiary/aromatic N) is 1. The summed E-state index contributed by atoms with van der Waals surface area (Å²) in [5.74, 6) is -0.00768. The molecule has 1 aromatic rings. The molecule has 0 heterocycles. The van der Waals surface area contributed by atoms with E-state index in [-0.39, 0.29) is 11.7 Å². The Morgan fingerprint density at radius 3 is 2.62 bits per heavy atom. The van der Waals surface area contributed by atoms with Gasteiger partial charge in [-0.2, -0.15) is 5.10 Å². The number of phenolic OH excluding ortho intramolecular Hbond substituents is 1. The number of benzene rings is 1. The van der Waals surface area contributed by atoms with Crippen molar-refractivity contribution >= 4 is 12.2 Å². The van der Waals surface area contributed by atoms with E-state index in [1.807, 2.05) is 0 Å². The zero-order valence-electron chi connectivity index (χ0n) is 6.86. The fraction of sp³-hybridized carbons (Fsp3) is 0. The van der Waals surface area contributed by atoms with Crippen LogP contribution in [0.15, 0.2) is 29.4 Å². The summed E-state index contributed by atoms with van der Waals surface area (Å²) in [6.45, 7) is 0. The predicted octanol–water partition coefficient (Wildman–Crippen LogP) is 0.209. The van der Waals surface area contributed by atoms with Gasteiger partial charge in [-0.15, -0.1) is 0 Å². The summed E-state index contributed by atoms with van der Waals surface area (Å²) in [6.07, 6.45) is 1.50. The van der Waals surface area contributed by atoms with Gasteiger partial charge in [-0.05, 0) is 29.8 Å². The van der Waals surface area contributed by atoms with Gasteiger partial charge in [0.15, 0.2) is 0 Å². The van der Waals surface area contributed by atoms with Crippen molar-refractivity contribution < 1.29 is 5.11 Å². The van der Waals surface area contributed by atoms with Crippen LogP contribution in [0.2, 0.25) is 0 Å². The van der Waals surface area contributed by atoms with Crippen LogP contribution >= 0.6 is 0 Å². The first-order valence-corrected chi connectivity index (χ1v) is 3.60. The fourth-order valence-electron chi connectivity index (χ4n) is 0.737. The maximum atomic E-state index is 8.96. The molecule has 0 aliphatic heterocycles. The van der Waals surface area contributed by atoms with E-state index in [0.29, 0.717) is 0 Å². The smallest absolute Gasteiger partial charge is 0.206 e. The normalized spacial score (nSPS) is 10.2. The highest BCUT2D eigenvalue weighted by Crippen LogP contribution is 2.07. The number of nitrogens with one attached hydrogen (secondary N) is 2. The second-order valence-corrected chi connectivity index (χ2v) is 2.38. The molecule has 0 unspecified atom stereocenters. The SMILES string of the molecule is N=C(N)N/N=C/c1ccc(O)cc1. The third-order valence-corrected chi connectivity index (χ3v) is 1.29. The summed E-state index contributed by atoms with van der Waals surface area (Å²) < 4.78 is 0. The molecule has 0 aliphatic rings. The van der Waals surface area contributed by atoms with Crippen LogP contribution in [0.25, 0.3) is 0 Å². The van der Waals surface area contributed by atoms with E-state index < -0.39 is 0 Å². The average Bonchev–Trinajstić information content (AvgIpc) is 2.08. The predicted molar refractivity (Wildman–Crippen MR) is 50.8 cm³/mol. The molecule has 0 saturated heterocycles. The summed E-state index contributed by atoms with van der Waals surface area (Å²) in [5, 5.41) is 19.4. The van der Waals surface area contributed by atoms with E-state index in [4.69, 9.17) is 16.2 Å². The van der Waals surface area contributed by atoms with Gasteiger partial charge in [0, 0.05) is 0 Å². The number of rotatable bonds is 2. The average molecular weight is 178 g/mol. The standard InChI is InChI=1S/C8H10N4O/c9-8(10)12-11-5-6-1-3-7(13)4-2-6/h1-5,13H,(H4,9,10,12)/b11-5+. The van der Waals surface area contributed by atoms with Crippen LogP contribution in [-0.4, -0.2) is 17.3 Å². The van der Waals surface area contributed by atoms with E-state index in [9.17, 15) is 0 Å². The minimum Gasteiger partial charge on any atom is -0.508 e. The molecule has 1 rings (SSSR count). The van der Waals surface area contributed by atoms with Gasteiger partial charge >= 0.3 is 0 Å². The first kappa shape index (κ1) is 9.05. The lowest BCUT2D eigenvalue weighted by Crippen LogP contribution is -2.25. The van der Waals surface area contributed by atoms with Crippen LogP contribution in [0.4, 0.5) is 0 Å². The van der Waals surface area contributed by atoms with E-state index >= 15 is 0 Å². The van der Waals surface area contributed by atoms with Gasteiger partial charge in [0.25, 0.3) is 0 Å². The summed E-state index contributed by atoms with van der Waals surface area (Å²) in [7, 11) is 0. The molecule has 0 atom stereocenters.